The lowest BCUT2D eigenvalue weighted by molar-refractivity contribution is -0.143. The first kappa shape index (κ1) is 30.9. The topological polar surface area (TPSA) is 81.7 Å². The number of ketones is 2. The summed E-state index contributed by atoms with van der Waals surface area (Å²) in [5.41, 5.74) is 1.19. The molecule has 0 aromatic rings. The van der Waals surface area contributed by atoms with Gasteiger partial charge in [-0.2, -0.15) is 0 Å². The molecule has 6 nitrogen and oxygen atoms in total. The predicted molar refractivity (Wildman–Crippen MR) is 141 cm³/mol. The number of ether oxygens (including phenoxy) is 2. The van der Waals surface area contributed by atoms with Crippen LogP contribution in [0.1, 0.15) is 124 Å². The molecule has 200 valence electrons. The molecule has 0 aromatic heterocycles. The van der Waals surface area contributed by atoms with Gasteiger partial charge in [0.05, 0.1) is 19.4 Å². The van der Waals surface area contributed by atoms with Crippen LogP contribution in [0.5, 0.6) is 0 Å². The minimum atomic E-state index is -0.230. The van der Waals surface area contributed by atoms with Gasteiger partial charge >= 0.3 is 5.97 Å². The number of Topliss-reactive ketones (excluding diaryl/α,β-unsaturated/α-hetero) is 2. The lowest BCUT2D eigenvalue weighted by Crippen LogP contribution is -2.32. The monoisotopic (exact) mass is 491 g/mol. The smallest absolute Gasteiger partial charge is 0.305 e. The van der Waals surface area contributed by atoms with Gasteiger partial charge in [-0.3, -0.25) is 14.4 Å². The summed E-state index contributed by atoms with van der Waals surface area (Å²) in [5.74, 6) is -0.427. The van der Waals surface area contributed by atoms with E-state index in [0.29, 0.717) is 42.8 Å². The molecule has 0 aliphatic heterocycles. The van der Waals surface area contributed by atoms with Crippen LogP contribution in [0, 0.1) is 0 Å². The molecule has 35 heavy (non-hydrogen) atoms. The quantitative estimate of drug-likeness (QED) is 0.109. The van der Waals surface area contributed by atoms with E-state index in [0.717, 1.165) is 32.1 Å². The first-order chi connectivity index (χ1) is 17.0. The number of hydrogen-bond donors (Lipinski definition) is 1. The minimum Gasteiger partial charge on any atom is -0.492 e. The van der Waals surface area contributed by atoms with E-state index in [2.05, 4.69) is 12.2 Å². The fourth-order valence-corrected chi connectivity index (χ4v) is 4.32. The molecule has 1 rings (SSSR count). The second kappa shape index (κ2) is 19.1. The number of carbonyl (C=O) groups excluding carboxylic acids is 3. The van der Waals surface area contributed by atoms with Crippen LogP contribution < -0.4 is 5.32 Å². The van der Waals surface area contributed by atoms with Crippen LogP contribution >= 0.6 is 0 Å². The van der Waals surface area contributed by atoms with Crippen LogP contribution in [0.4, 0.5) is 0 Å². The van der Waals surface area contributed by atoms with E-state index in [4.69, 9.17) is 9.47 Å². The summed E-state index contributed by atoms with van der Waals surface area (Å²) in [7, 11) is 1.46. The van der Waals surface area contributed by atoms with Gasteiger partial charge in [-0.1, -0.05) is 84.5 Å². The lowest BCUT2D eigenvalue weighted by atomic mass is 9.89. The van der Waals surface area contributed by atoms with Gasteiger partial charge in [0.2, 0.25) is 11.6 Å². The highest BCUT2D eigenvalue weighted by Crippen LogP contribution is 2.27. The molecule has 0 aromatic carbocycles. The SMILES string of the molecule is CCCCCCCCCCCCCC1=C(OC)C(=O)C(C)=C(NCCCC(=O)OCCCC)C1=O. The molecule has 0 saturated carbocycles. The zero-order valence-corrected chi connectivity index (χ0v) is 22.8. The molecule has 0 fully saturated rings. The molecule has 1 aliphatic rings. The number of nitrogens with one attached hydrogen (secondary N) is 1. The van der Waals surface area contributed by atoms with Crippen LogP contribution in [0.25, 0.3) is 0 Å². The van der Waals surface area contributed by atoms with Gasteiger partial charge in [-0.15, -0.1) is 0 Å². The molecule has 0 saturated heterocycles. The molecule has 1 aliphatic carbocycles. The van der Waals surface area contributed by atoms with E-state index < -0.39 is 0 Å². The van der Waals surface area contributed by atoms with E-state index in [1.165, 1.54) is 58.5 Å². The van der Waals surface area contributed by atoms with Crippen molar-refractivity contribution in [1.82, 2.24) is 5.32 Å². The summed E-state index contributed by atoms with van der Waals surface area (Å²) in [6.45, 7) is 6.83. The van der Waals surface area contributed by atoms with Crippen LogP contribution in [-0.4, -0.2) is 37.8 Å². The van der Waals surface area contributed by atoms with Crippen molar-refractivity contribution >= 4 is 17.5 Å². The highest BCUT2D eigenvalue weighted by molar-refractivity contribution is 6.23. The van der Waals surface area contributed by atoms with Crippen molar-refractivity contribution in [2.45, 2.75) is 124 Å². The van der Waals surface area contributed by atoms with Crippen molar-refractivity contribution in [3.63, 3.8) is 0 Å². The molecule has 0 atom stereocenters. The number of methoxy groups -OCH3 is 1. The first-order valence-corrected chi connectivity index (χ1v) is 13.9. The Bertz CT molecular complexity index is 723. The minimum absolute atomic E-state index is 0.156. The average Bonchev–Trinajstić information content (AvgIpc) is 2.85. The van der Waals surface area contributed by atoms with Gasteiger partial charge in [0, 0.05) is 24.1 Å². The van der Waals surface area contributed by atoms with Crippen molar-refractivity contribution in [2.24, 2.45) is 0 Å². The highest BCUT2D eigenvalue weighted by Gasteiger charge is 2.33. The second-order valence-corrected chi connectivity index (χ2v) is 9.56. The molecular weight excluding hydrogens is 442 g/mol. The van der Waals surface area contributed by atoms with Crippen molar-refractivity contribution < 1.29 is 23.9 Å². The Hall–Kier alpha value is -2.11. The molecule has 0 unspecified atom stereocenters. The van der Waals surface area contributed by atoms with Gasteiger partial charge < -0.3 is 14.8 Å². The maximum atomic E-state index is 13.2. The third-order valence-corrected chi connectivity index (χ3v) is 6.55. The molecule has 1 N–H and O–H groups in total. The summed E-state index contributed by atoms with van der Waals surface area (Å²) in [6, 6.07) is 0. The molecule has 0 heterocycles. The van der Waals surface area contributed by atoms with Gasteiger partial charge in [0.15, 0.2) is 5.76 Å². The summed E-state index contributed by atoms with van der Waals surface area (Å²) < 4.78 is 10.5. The van der Waals surface area contributed by atoms with Crippen LogP contribution in [0.15, 0.2) is 22.6 Å². The third kappa shape index (κ3) is 11.9. The maximum absolute atomic E-state index is 13.2. The van der Waals surface area contributed by atoms with Crippen LogP contribution in [0.3, 0.4) is 0 Å². The Morgan fingerprint density at radius 3 is 1.91 bits per heavy atom. The molecule has 0 spiro atoms. The predicted octanol–water partition coefficient (Wildman–Crippen LogP) is 6.73. The van der Waals surface area contributed by atoms with E-state index in [9.17, 15) is 14.4 Å². The first-order valence-electron chi connectivity index (χ1n) is 13.9. The average molecular weight is 492 g/mol. The van der Waals surface area contributed by atoms with Gasteiger partial charge in [-0.05, 0) is 32.6 Å². The van der Waals surface area contributed by atoms with E-state index in [1.54, 1.807) is 6.92 Å². The number of esters is 1. The van der Waals surface area contributed by atoms with E-state index in [1.807, 2.05) is 6.92 Å². The molecule has 0 amide bonds. The Labute approximate surface area is 213 Å². The Kier molecular flexibility index (Phi) is 16.9. The van der Waals surface area contributed by atoms with Crippen molar-refractivity contribution in [1.29, 1.82) is 0 Å². The number of unbranched alkanes of at least 4 members (excludes halogenated alkanes) is 11. The molecular formula is C29H49NO5. The summed E-state index contributed by atoms with van der Waals surface area (Å²) in [5, 5.41) is 3.10. The largest absolute Gasteiger partial charge is 0.492 e. The van der Waals surface area contributed by atoms with Crippen LogP contribution in [0.2, 0.25) is 0 Å². The molecule has 6 heteroatoms. The molecule has 0 bridgehead atoms. The van der Waals surface area contributed by atoms with Gasteiger partial charge in [-0.25, -0.2) is 0 Å². The fraction of sp³-hybridized carbons (Fsp3) is 0.759. The Morgan fingerprint density at radius 1 is 0.771 bits per heavy atom. The Morgan fingerprint density at radius 2 is 1.34 bits per heavy atom. The second-order valence-electron chi connectivity index (χ2n) is 9.56. The normalized spacial score (nSPS) is 14.1. The molecule has 0 radical (unpaired) electrons. The summed E-state index contributed by atoms with van der Waals surface area (Å²) in [6.07, 6.45) is 16.8. The van der Waals surface area contributed by atoms with E-state index >= 15 is 0 Å². The number of rotatable bonds is 21. The fourth-order valence-electron chi connectivity index (χ4n) is 4.32. The number of carbonyl (C=O) groups is 3. The van der Waals surface area contributed by atoms with Crippen molar-refractivity contribution in [2.75, 3.05) is 20.3 Å². The van der Waals surface area contributed by atoms with Crippen molar-refractivity contribution in [3.8, 4) is 0 Å². The van der Waals surface area contributed by atoms with Gasteiger partial charge in [0.25, 0.3) is 0 Å². The van der Waals surface area contributed by atoms with Crippen LogP contribution in [-0.2, 0) is 23.9 Å². The highest BCUT2D eigenvalue weighted by atomic mass is 16.5. The standard InChI is InChI=1S/C29H49NO5/c1-5-7-9-10-11-12-13-14-15-16-17-19-24-28(33)26(23(3)27(32)29(24)34-4)30-21-18-20-25(31)35-22-8-6-2/h30H,5-22H2,1-4H3. The third-order valence-electron chi connectivity index (χ3n) is 6.55. The lowest BCUT2D eigenvalue weighted by Gasteiger charge is -2.22. The van der Waals surface area contributed by atoms with E-state index in [-0.39, 0.29) is 29.7 Å². The number of allylic oxidation sites excluding steroid dienone is 2. The number of hydrogen-bond acceptors (Lipinski definition) is 6. The zero-order valence-electron chi connectivity index (χ0n) is 22.8. The Balaban J connectivity index is 2.42. The summed E-state index contributed by atoms with van der Waals surface area (Å²) in [4.78, 5) is 37.7. The summed E-state index contributed by atoms with van der Waals surface area (Å²) >= 11 is 0. The zero-order chi connectivity index (χ0) is 25.9. The van der Waals surface area contributed by atoms with Gasteiger partial charge in [0.1, 0.15) is 0 Å². The maximum Gasteiger partial charge on any atom is 0.305 e. The van der Waals surface area contributed by atoms with Crippen molar-refractivity contribution in [3.05, 3.63) is 22.6 Å².